The van der Waals surface area contributed by atoms with Gasteiger partial charge in [0.05, 0.1) is 35.1 Å². The second-order valence-corrected chi connectivity index (χ2v) is 9.95. The highest BCUT2D eigenvalue weighted by Gasteiger charge is 2.26. The van der Waals surface area contributed by atoms with Crippen molar-refractivity contribution >= 4 is 39.2 Å². The van der Waals surface area contributed by atoms with Gasteiger partial charge in [-0.3, -0.25) is 4.79 Å². The second-order valence-electron chi connectivity index (χ2n) is 8.90. The van der Waals surface area contributed by atoms with E-state index in [1.165, 1.54) is 0 Å². The first kappa shape index (κ1) is 22.8. The summed E-state index contributed by atoms with van der Waals surface area (Å²) in [5.41, 5.74) is 8.72. The Bertz CT molecular complexity index is 1420. The average Bonchev–Trinajstić information content (AvgIpc) is 3.55. The van der Waals surface area contributed by atoms with E-state index in [0.717, 1.165) is 39.6 Å². The molecule has 10 nitrogen and oxygen atoms in total. The van der Waals surface area contributed by atoms with Crippen molar-refractivity contribution in [3.05, 3.63) is 48.3 Å². The van der Waals surface area contributed by atoms with Crippen molar-refractivity contribution in [1.82, 2.24) is 24.8 Å². The number of hydrogen-bond donors (Lipinski definition) is 2. The summed E-state index contributed by atoms with van der Waals surface area (Å²) in [4.78, 5) is 35.8. The van der Waals surface area contributed by atoms with Crippen LogP contribution in [0.4, 0.5) is 11.8 Å². The van der Waals surface area contributed by atoms with Gasteiger partial charge < -0.3 is 25.4 Å². The quantitative estimate of drug-likeness (QED) is 0.431. The zero-order valence-corrected chi connectivity index (χ0v) is 20.3. The molecule has 3 aromatic heterocycles. The van der Waals surface area contributed by atoms with Crippen LogP contribution in [-0.2, 0) is 4.74 Å². The third-order valence-corrected chi connectivity index (χ3v) is 7.61. The number of benzene rings is 1. The Balaban J connectivity index is 1.41. The number of aromatic nitrogens is 4. The number of carbonyl (C=O) groups excluding carboxylic acids is 1. The summed E-state index contributed by atoms with van der Waals surface area (Å²) in [5, 5.41) is 9.83. The summed E-state index contributed by atoms with van der Waals surface area (Å²) in [6, 6.07) is 9.66. The molecule has 5 heterocycles. The lowest BCUT2D eigenvalue weighted by atomic mass is 10.1. The molecule has 1 aromatic carbocycles. The molecule has 4 aromatic rings. The molecule has 0 saturated carbocycles. The molecule has 2 aliphatic rings. The fourth-order valence-electron chi connectivity index (χ4n) is 4.54. The first-order valence-electron chi connectivity index (χ1n) is 11.8. The van der Waals surface area contributed by atoms with Crippen LogP contribution in [0.5, 0.6) is 0 Å². The van der Waals surface area contributed by atoms with Crippen LogP contribution in [0, 0.1) is 0 Å². The van der Waals surface area contributed by atoms with Crippen LogP contribution in [0.1, 0.15) is 16.8 Å². The van der Waals surface area contributed by atoms with E-state index in [2.05, 4.69) is 14.9 Å². The Hall–Kier alpha value is -3.67. The van der Waals surface area contributed by atoms with Crippen LogP contribution in [0.2, 0.25) is 0 Å². The van der Waals surface area contributed by atoms with Gasteiger partial charge >= 0.3 is 0 Å². The third-order valence-electron chi connectivity index (χ3n) is 6.44. The molecule has 0 spiro atoms. The monoisotopic (exact) mass is 503 g/mol. The maximum atomic E-state index is 13.0. The van der Waals surface area contributed by atoms with Gasteiger partial charge in [0.1, 0.15) is 0 Å². The second kappa shape index (κ2) is 9.41. The number of anilines is 2. The molecule has 1 atom stereocenters. The summed E-state index contributed by atoms with van der Waals surface area (Å²) in [5.74, 6) is 1.52. The highest BCUT2D eigenvalue weighted by atomic mass is 32.1. The van der Waals surface area contributed by atoms with Gasteiger partial charge in [0.2, 0.25) is 5.95 Å². The molecular formula is C25H25N7O3S. The van der Waals surface area contributed by atoms with Gasteiger partial charge in [-0.15, -0.1) is 11.3 Å². The number of nitrogens with zero attached hydrogens (tertiary/aromatic N) is 6. The summed E-state index contributed by atoms with van der Waals surface area (Å²) < 4.78 is 6.53. The number of nitrogens with two attached hydrogens (primary N) is 1. The molecule has 184 valence electrons. The maximum absolute atomic E-state index is 13.0. The molecule has 1 unspecified atom stereocenters. The molecule has 1 amide bonds. The molecule has 36 heavy (non-hydrogen) atoms. The van der Waals surface area contributed by atoms with E-state index >= 15 is 0 Å². The Morgan fingerprint density at radius 1 is 1.08 bits per heavy atom. The van der Waals surface area contributed by atoms with Crippen LogP contribution in [0.25, 0.3) is 32.0 Å². The molecule has 0 radical (unpaired) electrons. The number of fused-ring (bicyclic) bond motifs is 1. The largest absolute Gasteiger partial charge is 0.391 e. The topological polar surface area (TPSA) is 131 Å². The first-order chi connectivity index (χ1) is 17.5. The number of amides is 1. The number of ether oxygens (including phenoxy) is 1. The summed E-state index contributed by atoms with van der Waals surface area (Å²) in [7, 11) is 0. The van der Waals surface area contributed by atoms with Crippen molar-refractivity contribution in [3.63, 3.8) is 0 Å². The molecule has 0 aliphatic carbocycles. The van der Waals surface area contributed by atoms with Gasteiger partial charge in [0.15, 0.2) is 11.6 Å². The number of morpholine rings is 1. The van der Waals surface area contributed by atoms with Crippen LogP contribution >= 0.6 is 11.3 Å². The van der Waals surface area contributed by atoms with E-state index in [1.807, 2.05) is 30.3 Å². The number of aliphatic hydroxyl groups excluding tert-OH is 1. The minimum atomic E-state index is -0.447. The smallest absolute Gasteiger partial charge is 0.253 e. The number of likely N-dealkylation sites (tertiary alicyclic amines) is 1. The van der Waals surface area contributed by atoms with E-state index in [0.29, 0.717) is 49.7 Å². The van der Waals surface area contributed by atoms with Gasteiger partial charge in [-0.25, -0.2) is 19.9 Å². The summed E-state index contributed by atoms with van der Waals surface area (Å²) in [6.07, 6.45) is 3.43. The van der Waals surface area contributed by atoms with Crippen LogP contribution in [0.3, 0.4) is 0 Å². The number of carbonyl (C=O) groups is 1. The standard InChI is InChI=1S/C25H25N7O3S/c26-25-27-12-17(13-28-25)22-29-19-11-20(36-21(19)23(30-22)31-6-8-35-9-7-31)15-2-1-3-16(10-15)24(34)32-5-4-18(33)14-32/h1-3,10-13,18,33H,4-9,14H2,(H2,26,27,28). The third kappa shape index (κ3) is 4.36. The number of thiophene rings is 1. The molecule has 11 heteroatoms. The highest BCUT2D eigenvalue weighted by molar-refractivity contribution is 7.22. The number of nitrogen functional groups attached to an aromatic ring is 1. The van der Waals surface area contributed by atoms with Gasteiger partial charge in [0, 0.05) is 49.0 Å². The van der Waals surface area contributed by atoms with E-state index < -0.39 is 6.10 Å². The molecule has 6 rings (SSSR count). The zero-order valence-electron chi connectivity index (χ0n) is 19.5. The average molecular weight is 504 g/mol. The van der Waals surface area contributed by atoms with E-state index in [1.54, 1.807) is 28.6 Å². The lowest BCUT2D eigenvalue weighted by molar-refractivity contribution is 0.0765. The molecule has 2 fully saturated rings. The zero-order chi connectivity index (χ0) is 24.6. The minimum Gasteiger partial charge on any atom is -0.391 e. The van der Waals surface area contributed by atoms with Crippen molar-refractivity contribution in [2.45, 2.75) is 12.5 Å². The molecule has 2 aliphatic heterocycles. The minimum absolute atomic E-state index is 0.0612. The lowest BCUT2D eigenvalue weighted by Crippen LogP contribution is -2.36. The normalized spacial score (nSPS) is 18.2. The Morgan fingerprint density at radius 2 is 1.89 bits per heavy atom. The van der Waals surface area contributed by atoms with Gasteiger partial charge in [-0.05, 0) is 30.2 Å². The molecule has 2 saturated heterocycles. The van der Waals surface area contributed by atoms with Gasteiger partial charge in [0.25, 0.3) is 5.91 Å². The number of β-amino-alcohol motifs (C(OH)–C–C–N with tert-alkyl or cyclic N) is 1. The van der Waals surface area contributed by atoms with Crippen molar-refractivity contribution in [3.8, 4) is 21.8 Å². The number of aliphatic hydroxyl groups is 1. The molecular weight excluding hydrogens is 478 g/mol. The fraction of sp³-hybridized carbons (Fsp3) is 0.320. The molecule has 3 N–H and O–H groups in total. The van der Waals surface area contributed by atoms with Crippen molar-refractivity contribution in [2.75, 3.05) is 50.0 Å². The molecule has 0 bridgehead atoms. The van der Waals surface area contributed by atoms with Crippen LogP contribution in [0.15, 0.2) is 42.7 Å². The Labute approximate surface area is 211 Å². The van der Waals surface area contributed by atoms with Gasteiger partial charge in [-0.1, -0.05) is 12.1 Å². The van der Waals surface area contributed by atoms with Crippen LogP contribution < -0.4 is 10.6 Å². The summed E-state index contributed by atoms with van der Waals surface area (Å²) in [6.45, 7) is 3.70. The van der Waals surface area contributed by atoms with Crippen LogP contribution in [-0.4, -0.2) is 81.3 Å². The van der Waals surface area contributed by atoms with Gasteiger partial charge in [-0.2, -0.15) is 0 Å². The Morgan fingerprint density at radius 3 is 2.64 bits per heavy atom. The predicted octanol–water partition coefficient (Wildman–Crippen LogP) is 2.44. The summed E-state index contributed by atoms with van der Waals surface area (Å²) >= 11 is 1.61. The Kier molecular flexibility index (Phi) is 5.96. The maximum Gasteiger partial charge on any atom is 0.253 e. The van der Waals surface area contributed by atoms with E-state index in [-0.39, 0.29) is 11.9 Å². The predicted molar refractivity (Wildman–Crippen MR) is 138 cm³/mol. The van der Waals surface area contributed by atoms with Crippen molar-refractivity contribution in [2.24, 2.45) is 0 Å². The van der Waals surface area contributed by atoms with E-state index in [4.69, 9.17) is 20.4 Å². The van der Waals surface area contributed by atoms with Crippen molar-refractivity contribution in [1.29, 1.82) is 0 Å². The SMILES string of the molecule is Nc1ncc(-c2nc(N3CCOCC3)c3sc(-c4cccc(C(=O)N5CCC(O)C5)c4)cc3n2)cn1. The van der Waals surface area contributed by atoms with E-state index in [9.17, 15) is 9.90 Å². The lowest BCUT2D eigenvalue weighted by Gasteiger charge is -2.28. The number of hydrogen-bond acceptors (Lipinski definition) is 10. The highest BCUT2D eigenvalue weighted by Crippen LogP contribution is 2.39. The first-order valence-corrected chi connectivity index (χ1v) is 12.7. The number of rotatable bonds is 4. The van der Waals surface area contributed by atoms with Crippen molar-refractivity contribution < 1.29 is 14.6 Å². The fourth-order valence-corrected chi connectivity index (χ4v) is 5.65.